The highest BCUT2D eigenvalue weighted by molar-refractivity contribution is 7.89. The molecule has 0 aliphatic carbocycles. The molecular formula is C21H29N3O4S. The minimum atomic E-state index is -3.92. The van der Waals surface area contributed by atoms with Gasteiger partial charge in [0.2, 0.25) is 10.0 Å². The number of methoxy groups -OCH3 is 1. The first kappa shape index (κ1) is 21.6. The molecule has 1 atom stereocenters. The highest BCUT2D eigenvalue weighted by Crippen LogP contribution is 2.28. The molecule has 1 heterocycles. The van der Waals surface area contributed by atoms with E-state index in [0.717, 1.165) is 39.1 Å². The molecule has 0 radical (unpaired) electrons. The number of primary sulfonamides is 1. The van der Waals surface area contributed by atoms with Gasteiger partial charge in [0.1, 0.15) is 10.6 Å². The number of piperazine rings is 1. The minimum absolute atomic E-state index is 0.103. The van der Waals surface area contributed by atoms with Crippen molar-refractivity contribution < 1.29 is 18.3 Å². The van der Waals surface area contributed by atoms with E-state index in [2.05, 4.69) is 34.1 Å². The lowest BCUT2D eigenvalue weighted by atomic mass is 10.0. The van der Waals surface area contributed by atoms with Gasteiger partial charge in [-0.1, -0.05) is 24.3 Å². The van der Waals surface area contributed by atoms with Gasteiger partial charge in [0.05, 0.1) is 13.2 Å². The average Bonchev–Trinajstić information content (AvgIpc) is 2.73. The van der Waals surface area contributed by atoms with Crippen LogP contribution in [0.15, 0.2) is 53.4 Å². The van der Waals surface area contributed by atoms with Gasteiger partial charge in [-0.15, -0.1) is 0 Å². The first-order valence-electron chi connectivity index (χ1n) is 9.79. The van der Waals surface area contributed by atoms with Crippen molar-refractivity contribution in [3.63, 3.8) is 0 Å². The fraction of sp³-hybridized carbons (Fsp3) is 0.429. The normalized spacial score (nSPS) is 16.6. The van der Waals surface area contributed by atoms with Crippen LogP contribution >= 0.6 is 0 Å². The Hall–Kier alpha value is -2.13. The van der Waals surface area contributed by atoms with Crippen LogP contribution in [0.2, 0.25) is 0 Å². The number of hydrogen-bond donors (Lipinski definition) is 2. The zero-order valence-corrected chi connectivity index (χ0v) is 17.5. The zero-order valence-electron chi connectivity index (χ0n) is 16.7. The van der Waals surface area contributed by atoms with Crippen LogP contribution in [0.5, 0.6) is 5.75 Å². The lowest BCUT2D eigenvalue weighted by Crippen LogP contribution is -2.46. The van der Waals surface area contributed by atoms with Crippen molar-refractivity contribution in [2.45, 2.75) is 23.8 Å². The first-order valence-corrected chi connectivity index (χ1v) is 11.3. The second kappa shape index (κ2) is 9.58. The van der Waals surface area contributed by atoms with Crippen molar-refractivity contribution >= 4 is 15.7 Å². The third-order valence-electron chi connectivity index (χ3n) is 5.32. The number of nitrogens with zero attached hydrogens (tertiary/aromatic N) is 2. The van der Waals surface area contributed by atoms with Gasteiger partial charge in [0, 0.05) is 31.9 Å². The highest BCUT2D eigenvalue weighted by Gasteiger charge is 2.20. The molecule has 1 unspecified atom stereocenters. The number of aliphatic hydroxyl groups is 1. The number of para-hydroxylation sites is 1. The molecule has 0 spiro atoms. The molecule has 0 amide bonds. The van der Waals surface area contributed by atoms with E-state index in [9.17, 15) is 13.5 Å². The van der Waals surface area contributed by atoms with Crippen molar-refractivity contribution in [2.75, 3.05) is 44.7 Å². The van der Waals surface area contributed by atoms with Crippen LogP contribution in [0.1, 0.15) is 24.5 Å². The van der Waals surface area contributed by atoms with Gasteiger partial charge in [-0.25, -0.2) is 13.6 Å². The Kier molecular flexibility index (Phi) is 7.13. The molecule has 2 aromatic carbocycles. The van der Waals surface area contributed by atoms with Gasteiger partial charge in [-0.05, 0) is 49.2 Å². The summed E-state index contributed by atoms with van der Waals surface area (Å²) in [7, 11) is -2.53. The Morgan fingerprint density at radius 3 is 2.41 bits per heavy atom. The average molecular weight is 420 g/mol. The van der Waals surface area contributed by atoms with Crippen LogP contribution in [-0.4, -0.2) is 58.3 Å². The quantitative estimate of drug-likeness (QED) is 0.679. The number of benzene rings is 2. The molecule has 1 aliphatic heterocycles. The molecule has 3 rings (SSSR count). The maximum atomic E-state index is 11.7. The van der Waals surface area contributed by atoms with Crippen molar-refractivity contribution in [1.82, 2.24) is 4.90 Å². The summed E-state index contributed by atoms with van der Waals surface area (Å²) in [5.74, 6) is 0.180. The topological polar surface area (TPSA) is 96.1 Å². The number of anilines is 1. The molecule has 1 fully saturated rings. The third-order valence-corrected chi connectivity index (χ3v) is 6.26. The molecule has 158 valence electrons. The Labute approximate surface area is 172 Å². The lowest BCUT2D eigenvalue weighted by molar-refractivity contribution is 0.153. The van der Waals surface area contributed by atoms with Gasteiger partial charge >= 0.3 is 0 Å². The summed E-state index contributed by atoms with van der Waals surface area (Å²) in [6.45, 7) is 4.86. The molecule has 2 aromatic rings. The van der Waals surface area contributed by atoms with Gasteiger partial charge in [0.25, 0.3) is 0 Å². The molecule has 3 N–H and O–H groups in total. The molecule has 1 aliphatic rings. The molecular weight excluding hydrogens is 390 g/mol. The van der Waals surface area contributed by atoms with E-state index in [4.69, 9.17) is 9.88 Å². The molecule has 0 bridgehead atoms. The second-order valence-electron chi connectivity index (χ2n) is 7.28. The number of rotatable bonds is 8. The predicted octanol–water partition coefficient (Wildman–Crippen LogP) is 1.98. The Morgan fingerprint density at radius 2 is 1.79 bits per heavy atom. The second-order valence-corrected chi connectivity index (χ2v) is 8.81. The van der Waals surface area contributed by atoms with Crippen LogP contribution in [-0.2, 0) is 10.0 Å². The Bertz CT molecular complexity index is 897. The van der Waals surface area contributed by atoms with Crippen LogP contribution in [0, 0.1) is 0 Å². The summed E-state index contributed by atoms with van der Waals surface area (Å²) < 4.78 is 28.5. The van der Waals surface area contributed by atoms with Crippen molar-refractivity contribution in [2.24, 2.45) is 5.14 Å². The van der Waals surface area contributed by atoms with Crippen LogP contribution in [0.4, 0.5) is 5.69 Å². The van der Waals surface area contributed by atoms with E-state index in [1.807, 2.05) is 6.07 Å². The first-order chi connectivity index (χ1) is 13.9. The summed E-state index contributed by atoms with van der Waals surface area (Å²) in [6.07, 6.45) is 0.630. The van der Waals surface area contributed by atoms with Crippen molar-refractivity contribution in [3.8, 4) is 5.75 Å². The molecule has 29 heavy (non-hydrogen) atoms. The van der Waals surface area contributed by atoms with Gasteiger partial charge < -0.3 is 14.7 Å². The molecule has 1 saturated heterocycles. The number of nitrogens with two attached hydrogens (primary N) is 1. The summed E-state index contributed by atoms with van der Waals surface area (Å²) in [6, 6.07) is 15.0. The SMILES string of the molecule is COc1ccc(C(O)CCCN2CCN(c3ccccc3)CC2)cc1S(N)(=O)=O. The lowest BCUT2D eigenvalue weighted by Gasteiger charge is -2.36. The van der Waals surface area contributed by atoms with E-state index in [1.165, 1.54) is 24.9 Å². The van der Waals surface area contributed by atoms with Gasteiger partial charge in [-0.2, -0.15) is 0 Å². The van der Waals surface area contributed by atoms with E-state index in [0.29, 0.717) is 12.0 Å². The largest absolute Gasteiger partial charge is 0.495 e. The van der Waals surface area contributed by atoms with Crippen LogP contribution in [0.25, 0.3) is 0 Å². The third kappa shape index (κ3) is 5.70. The van der Waals surface area contributed by atoms with E-state index in [-0.39, 0.29) is 10.6 Å². The molecule has 0 saturated carbocycles. The van der Waals surface area contributed by atoms with Crippen molar-refractivity contribution in [3.05, 3.63) is 54.1 Å². The molecule has 7 nitrogen and oxygen atoms in total. The number of hydrogen-bond acceptors (Lipinski definition) is 6. The minimum Gasteiger partial charge on any atom is -0.495 e. The summed E-state index contributed by atoms with van der Waals surface area (Å²) in [5, 5.41) is 15.7. The maximum absolute atomic E-state index is 11.7. The predicted molar refractivity (Wildman–Crippen MR) is 114 cm³/mol. The maximum Gasteiger partial charge on any atom is 0.241 e. The monoisotopic (exact) mass is 419 g/mol. The Balaban J connectivity index is 1.49. The zero-order chi connectivity index (χ0) is 20.9. The van der Waals surface area contributed by atoms with Gasteiger partial charge in [0.15, 0.2) is 0 Å². The van der Waals surface area contributed by atoms with Gasteiger partial charge in [-0.3, -0.25) is 4.90 Å². The highest BCUT2D eigenvalue weighted by atomic mass is 32.2. The van der Waals surface area contributed by atoms with Crippen molar-refractivity contribution in [1.29, 1.82) is 0 Å². The number of aliphatic hydroxyl groups excluding tert-OH is 1. The number of sulfonamides is 1. The fourth-order valence-electron chi connectivity index (χ4n) is 3.67. The summed E-state index contributed by atoms with van der Waals surface area (Å²) in [4.78, 5) is 4.68. The smallest absolute Gasteiger partial charge is 0.241 e. The fourth-order valence-corrected chi connectivity index (χ4v) is 4.40. The number of ether oxygens (including phenoxy) is 1. The molecule has 0 aromatic heterocycles. The van der Waals surface area contributed by atoms with E-state index >= 15 is 0 Å². The molecule has 8 heteroatoms. The van der Waals surface area contributed by atoms with Crippen LogP contribution in [0.3, 0.4) is 0 Å². The van der Waals surface area contributed by atoms with Crippen LogP contribution < -0.4 is 14.8 Å². The standard InChI is InChI=1S/C21H29N3O4S/c1-28-20-10-9-17(16-21(20)29(22,26)27)19(25)8-5-11-23-12-14-24(15-13-23)18-6-3-2-4-7-18/h2-4,6-7,9-10,16,19,25H,5,8,11-15H2,1H3,(H2,22,26,27). The van der Waals surface area contributed by atoms with E-state index < -0.39 is 16.1 Å². The summed E-state index contributed by atoms with van der Waals surface area (Å²) >= 11 is 0. The summed E-state index contributed by atoms with van der Waals surface area (Å²) in [5.41, 5.74) is 1.79. The van der Waals surface area contributed by atoms with E-state index in [1.54, 1.807) is 6.07 Å². The Morgan fingerprint density at radius 1 is 1.10 bits per heavy atom.